The van der Waals surface area contributed by atoms with Crippen molar-refractivity contribution in [1.82, 2.24) is 0 Å². The second-order valence-electron chi connectivity index (χ2n) is 9.42. The summed E-state index contributed by atoms with van der Waals surface area (Å²) in [6, 6.07) is 13.4. The van der Waals surface area contributed by atoms with Crippen molar-refractivity contribution < 1.29 is 22.0 Å². The Balaban J connectivity index is 2.29. The minimum Gasteiger partial charge on any atom is -0.206 e. The lowest BCUT2D eigenvalue weighted by molar-refractivity contribution is -0.139. The van der Waals surface area contributed by atoms with Crippen LogP contribution < -0.4 is 0 Å². The maximum Gasteiger partial charge on any atom is 0.417 e. The Labute approximate surface area is 232 Å². The van der Waals surface area contributed by atoms with Crippen LogP contribution in [0.1, 0.15) is 51.4 Å². The average molecular weight is 547 g/mol. The van der Waals surface area contributed by atoms with Crippen LogP contribution in [0.25, 0.3) is 12.2 Å². The minimum absolute atomic E-state index is 0.217. The molecule has 0 radical (unpaired) electrons. The second-order valence-corrected chi connectivity index (χ2v) is 9.42. The van der Waals surface area contributed by atoms with Gasteiger partial charge in [0.2, 0.25) is 0 Å². The van der Waals surface area contributed by atoms with Crippen molar-refractivity contribution in [2.75, 3.05) is 0 Å². The van der Waals surface area contributed by atoms with Crippen LogP contribution >= 0.6 is 0 Å². The summed E-state index contributed by atoms with van der Waals surface area (Å²) >= 11 is 0. The Morgan fingerprint density at radius 3 is 1.57 bits per heavy atom. The molecule has 3 aromatic rings. The number of alkyl halides is 3. The van der Waals surface area contributed by atoms with Gasteiger partial charge in [0.05, 0.1) is 5.56 Å². The van der Waals surface area contributed by atoms with Crippen molar-refractivity contribution in [2.45, 2.75) is 32.4 Å². The summed E-state index contributed by atoms with van der Waals surface area (Å²) in [6.45, 7) is 16.5. The quantitative estimate of drug-likeness (QED) is 0.166. The first-order valence-corrected chi connectivity index (χ1v) is 12.7. The molecule has 206 valence electrons. The molecule has 0 aliphatic heterocycles. The van der Waals surface area contributed by atoms with E-state index in [-0.39, 0.29) is 12.8 Å². The molecule has 5 heteroatoms. The SMILES string of the molecule is C=C/C(=C\C=C(/C)C=C)Cc1c(F)c(Cc2ccc(C=C)cc2)c(F)c(Cc2ccc(C=C)cc2)c1C(F)(F)F. The molecule has 3 aromatic carbocycles. The van der Waals surface area contributed by atoms with Crippen LogP contribution in [0.2, 0.25) is 0 Å². The maximum atomic E-state index is 16.1. The molecule has 0 spiro atoms. The molecule has 0 amide bonds. The van der Waals surface area contributed by atoms with Crippen LogP contribution in [0.5, 0.6) is 0 Å². The molecule has 0 aliphatic carbocycles. The third-order valence-electron chi connectivity index (χ3n) is 6.66. The molecule has 0 saturated carbocycles. The molecule has 0 bridgehead atoms. The fourth-order valence-corrected chi connectivity index (χ4v) is 4.35. The number of benzene rings is 3. The Morgan fingerprint density at radius 1 is 0.675 bits per heavy atom. The van der Waals surface area contributed by atoms with Gasteiger partial charge in [0, 0.05) is 36.0 Å². The van der Waals surface area contributed by atoms with Gasteiger partial charge < -0.3 is 0 Å². The smallest absolute Gasteiger partial charge is 0.206 e. The maximum absolute atomic E-state index is 16.1. The number of hydrogen-bond acceptors (Lipinski definition) is 0. The van der Waals surface area contributed by atoms with E-state index in [4.69, 9.17) is 0 Å². The van der Waals surface area contributed by atoms with Crippen molar-refractivity contribution in [3.63, 3.8) is 0 Å². The van der Waals surface area contributed by atoms with Crippen molar-refractivity contribution in [3.05, 3.63) is 166 Å². The summed E-state index contributed by atoms with van der Waals surface area (Å²) in [7, 11) is 0. The van der Waals surface area contributed by atoms with Gasteiger partial charge in [-0.3, -0.25) is 0 Å². The summed E-state index contributed by atoms with van der Waals surface area (Å²) in [5, 5.41) is 0. The van der Waals surface area contributed by atoms with Gasteiger partial charge >= 0.3 is 6.18 Å². The average Bonchev–Trinajstić information content (AvgIpc) is 2.95. The monoisotopic (exact) mass is 546 g/mol. The molecule has 0 atom stereocenters. The number of hydrogen-bond donors (Lipinski definition) is 0. The van der Waals surface area contributed by atoms with Crippen LogP contribution in [0, 0.1) is 11.6 Å². The highest BCUT2D eigenvalue weighted by molar-refractivity contribution is 5.52. The summed E-state index contributed by atoms with van der Waals surface area (Å²) < 4.78 is 76.0. The largest absolute Gasteiger partial charge is 0.417 e. The molecule has 0 nitrogen and oxygen atoms in total. The van der Waals surface area contributed by atoms with E-state index in [2.05, 4.69) is 26.3 Å². The van der Waals surface area contributed by atoms with E-state index < -0.39 is 46.5 Å². The van der Waals surface area contributed by atoms with Gasteiger partial charge in [-0.25, -0.2) is 8.78 Å². The lowest BCUT2D eigenvalue weighted by Gasteiger charge is -2.23. The molecule has 40 heavy (non-hydrogen) atoms. The zero-order chi connectivity index (χ0) is 29.4. The van der Waals surface area contributed by atoms with Crippen LogP contribution in [0.3, 0.4) is 0 Å². The highest BCUT2D eigenvalue weighted by Crippen LogP contribution is 2.41. The Kier molecular flexibility index (Phi) is 10.0. The van der Waals surface area contributed by atoms with E-state index in [1.54, 1.807) is 85.8 Å². The summed E-state index contributed by atoms with van der Waals surface area (Å²) in [5.41, 5.74) is 0.803. The van der Waals surface area contributed by atoms with E-state index >= 15 is 8.78 Å². The number of halogens is 5. The standard InChI is InChI=1S/C35H31F5/c1-6-23(5)10-11-26(9-4)20-29-32(35(38,39)40)30(21-27-16-12-24(7-2)13-17-27)34(37)31(33(29)36)22-28-18-14-25(8-3)15-19-28/h6-19H,1-4,20-22H2,5H3/b23-10+,26-11+. The molecule has 0 fully saturated rings. The Hall–Kier alpha value is -4.25. The van der Waals surface area contributed by atoms with Gasteiger partial charge in [0.25, 0.3) is 0 Å². The number of allylic oxidation sites excluding steroid dienone is 6. The van der Waals surface area contributed by atoms with Gasteiger partial charge in [-0.05, 0) is 34.8 Å². The normalized spacial score (nSPS) is 12.2. The molecule has 0 N–H and O–H groups in total. The Bertz CT molecular complexity index is 1460. The fraction of sp³-hybridized carbons (Fsp3) is 0.143. The molecule has 0 aromatic heterocycles. The molecular weight excluding hydrogens is 515 g/mol. The van der Waals surface area contributed by atoms with Crippen molar-refractivity contribution >= 4 is 12.2 Å². The molecule has 3 rings (SSSR count). The zero-order valence-electron chi connectivity index (χ0n) is 22.4. The van der Waals surface area contributed by atoms with E-state index in [0.717, 1.165) is 16.7 Å². The summed E-state index contributed by atoms with van der Waals surface area (Å²) in [4.78, 5) is 0. The first kappa shape index (κ1) is 30.3. The zero-order valence-corrected chi connectivity index (χ0v) is 22.4. The molecular formula is C35H31F5. The van der Waals surface area contributed by atoms with Gasteiger partial charge in [0.15, 0.2) is 0 Å². The van der Waals surface area contributed by atoms with Crippen LogP contribution in [0.15, 0.2) is 110 Å². The highest BCUT2D eigenvalue weighted by Gasteiger charge is 2.40. The Morgan fingerprint density at radius 2 is 1.15 bits per heavy atom. The van der Waals surface area contributed by atoms with Crippen molar-refractivity contribution in [2.24, 2.45) is 0 Å². The predicted octanol–water partition coefficient (Wildman–Crippen LogP) is 10.2. The third kappa shape index (κ3) is 7.23. The van der Waals surface area contributed by atoms with E-state index in [1.807, 2.05) is 0 Å². The van der Waals surface area contributed by atoms with Crippen molar-refractivity contribution in [3.8, 4) is 0 Å². The van der Waals surface area contributed by atoms with Crippen LogP contribution in [-0.4, -0.2) is 0 Å². The second kappa shape index (κ2) is 13.2. The fourth-order valence-electron chi connectivity index (χ4n) is 4.35. The van der Waals surface area contributed by atoms with Crippen LogP contribution in [-0.2, 0) is 25.4 Å². The lowest BCUT2D eigenvalue weighted by atomic mass is 9.86. The van der Waals surface area contributed by atoms with E-state index in [1.165, 1.54) is 6.08 Å². The molecule has 0 saturated heterocycles. The minimum atomic E-state index is -5.00. The van der Waals surface area contributed by atoms with Gasteiger partial charge in [-0.15, -0.1) is 0 Å². The summed E-state index contributed by atoms with van der Waals surface area (Å²) in [6.07, 6.45) is 3.40. The molecule has 0 heterocycles. The topological polar surface area (TPSA) is 0 Å². The van der Waals surface area contributed by atoms with Crippen molar-refractivity contribution in [1.29, 1.82) is 0 Å². The highest BCUT2D eigenvalue weighted by atomic mass is 19.4. The summed E-state index contributed by atoms with van der Waals surface area (Å²) in [5.74, 6) is -2.40. The van der Waals surface area contributed by atoms with E-state index in [0.29, 0.717) is 16.7 Å². The third-order valence-corrected chi connectivity index (χ3v) is 6.66. The van der Waals surface area contributed by atoms with Gasteiger partial charge in [-0.1, -0.05) is 117 Å². The molecule has 0 unspecified atom stereocenters. The lowest BCUT2D eigenvalue weighted by Crippen LogP contribution is -2.20. The van der Waals surface area contributed by atoms with Gasteiger partial charge in [-0.2, -0.15) is 13.2 Å². The van der Waals surface area contributed by atoms with Crippen LogP contribution in [0.4, 0.5) is 22.0 Å². The number of rotatable bonds is 11. The first-order chi connectivity index (χ1) is 19.0. The first-order valence-electron chi connectivity index (χ1n) is 12.7. The predicted molar refractivity (Wildman–Crippen MR) is 156 cm³/mol. The van der Waals surface area contributed by atoms with E-state index in [9.17, 15) is 13.2 Å². The molecule has 0 aliphatic rings. The van der Waals surface area contributed by atoms with Gasteiger partial charge in [0.1, 0.15) is 11.6 Å².